The van der Waals surface area contributed by atoms with Gasteiger partial charge in [-0.3, -0.25) is 15.5 Å². The fourth-order valence-corrected chi connectivity index (χ4v) is 2.59. The van der Waals surface area contributed by atoms with E-state index in [1.165, 1.54) is 7.05 Å². The van der Waals surface area contributed by atoms with E-state index in [1.54, 1.807) is 26.0 Å². The molecule has 0 aliphatic heterocycles. The summed E-state index contributed by atoms with van der Waals surface area (Å²) >= 11 is 0. The molecule has 3 atom stereocenters. The Morgan fingerprint density at radius 2 is 1.79 bits per heavy atom. The first-order chi connectivity index (χ1) is 13.7. The minimum Gasteiger partial charge on any atom is -0.480 e. The number of alkyl carbamates (subject to hydrolysis) is 1. The van der Waals surface area contributed by atoms with Crippen molar-refractivity contribution in [3.05, 3.63) is 35.9 Å². The number of esters is 1. The molecule has 9 nitrogen and oxygen atoms in total. The molecular formula is C20H29N3O6. The van der Waals surface area contributed by atoms with Gasteiger partial charge in [0.1, 0.15) is 6.04 Å². The molecule has 1 rings (SSSR count). The van der Waals surface area contributed by atoms with Crippen molar-refractivity contribution >= 4 is 24.0 Å². The second-order valence-corrected chi connectivity index (χ2v) is 6.54. The van der Waals surface area contributed by atoms with Gasteiger partial charge >= 0.3 is 18.0 Å². The summed E-state index contributed by atoms with van der Waals surface area (Å²) in [6.45, 7) is 5.20. The Morgan fingerprint density at radius 3 is 2.31 bits per heavy atom. The Bertz CT molecular complexity index is 709. The highest BCUT2D eigenvalue weighted by Gasteiger charge is 2.26. The van der Waals surface area contributed by atoms with E-state index in [-0.39, 0.29) is 12.8 Å². The number of carboxylic acids is 1. The molecule has 3 N–H and O–H groups in total. The Labute approximate surface area is 170 Å². The summed E-state index contributed by atoms with van der Waals surface area (Å²) in [6.07, 6.45) is -0.979. The molecule has 0 spiro atoms. The summed E-state index contributed by atoms with van der Waals surface area (Å²) in [5.74, 6) is -2.61. The first-order valence-corrected chi connectivity index (χ1v) is 9.48. The van der Waals surface area contributed by atoms with Crippen molar-refractivity contribution in [3.8, 4) is 0 Å². The van der Waals surface area contributed by atoms with E-state index in [4.69, 9.17) is 20.0 Å². The first-order valence-electron chi connectivity index (χ1n) is 9.48. The van der Waals surface area contributed by atoms with Gasteiger partial charge in [-0.1, -0.05) is 44.2 Å². The van der Waals surface area contributed by atoms with Crippen LogP contribution in [-0.4, -0.2) is 53.4 Å². The Kier molecular flexibility index (Phi) is 9.64. The van der Waals surface area contributed by atoms with Gasteiger partial charge in [-0.05, 0) is 25.3 Å². The minimum absolute atomic E-state index is 0.248. The Hall–Kier alpha value is -3.10. The van der Waals surface area contributed by atoms with Crippen LogP contribution in [0.2, 0.25) is 0 Å². The number of carbonyl (C=O) groups excluding carboxylic acids is 2. The summed E-state index contributed by atoms with van der Waals surface area (Å²) in [5, 5.41) is 19.2. The normalized spacial score (nSPS) is 13.5. The van der Waals surface area contributed by atoms with Crippen molar-refractivity contribution in [2.75, 3.05) is 7.05 Å². The van der Waals surface area contributed by atoms with Gasteiger partial charge < -0.3 is 19.5 Å². The van der Waals surface area contributed by atoms with Crippen molar-refractivity contribution in [1.29, 1.82) is 5.41 Å². The summed E-state index contributed by atoms with van der Waals surface area (Å²) < 4.78 is 10.5. The maximum absolute atomic E-state index is 12.4. The zero-order valence-electron chi connectivity index (χ0n) is 17.2. The van der Waals surface area contributed by atoms with Gasteiger partial charge in [0.2, 0.25) is 12.2 Å². The molecule has 0 aliphatic rings. The average Bonchev–Trinajstić information content (AvgIpc) is 2.68. The van der Waals surface area contributed by atoms with E-state index in [9.17, 15) is 14.4 Å². The Balaban J connectivity index is 2.68. The van der Waals surface area contributed by atoms with E-state index >= 15 is 0 Å². The highest BCUT2D eigenvalue weighted by atomic mass is 16.7. The van der Waals surface area contributed by atoms with Gasteiger partial charge in [0.15, 0.2) is 0 Å². The molecule has 160 valence electrons. The number of likely N-dealkylation sites (N-methyl/N-ethyl adjacent to an activating group) is 1. The third kappa shape index (κ3) is 7.44. The molecule has 0 saturated heterocycles. The van der Waals surface area contributed by atoms with Gasteiger partial charge in [0, 0.05) is 13.5 Å². The van der Waals surface area contributed by atoms with Gasteiger partial charge in [-0.25, -0.2) is 9.59 Å². The molecule has 3 unspecified atom stereocenters. The number of nitrogens with zero attached hydrogens (tertiary/aromatic N) is 1. The molecule has 0 aromatic heterocycles. The maximum Gasteiger partial charge on any atom is 0.417 e. The summed E-state index contributed by atoms with van der Waals surface area (Å²) in [7, 11) is 1.38. The number of aliphatic carboxylic acids is 1. The van der Waals surface area contributed by atoms with Crippen LogP contribution < -0.4 is 5.32 Å². The van der Waals surface area contributed by atoms with Gasteiger partial charge in [0.25, 0.3) is 0 Å². The van der Waals surface area contributed by atoms with E-state index in [2.05, 4.69) is 5.32 Å². The summed E-state index contributed by atoms with van der Waals surface area (Å²) in [5.41, 5.74) is 0.778. The fraction of sp³-hybridized carbons (Fsp3) is 0.500. The fourth-order valence-electron chi connectivity index (χ4n) is 2.59. The molecule has 0 heterocycles. The van der Waals surface area contributed by atoms with E-state index < -0.39 is 42.2 Å². The van der Waals surface area contributed by atoms with Crippen LogP contribution in [0.15, 0.2) is 30.3 Å². The molecule has 9 heteroatoms. The van der Waals surface area contributed by atoms with Crippen molar-refractivity contribution in [2.24, 2.45) is 0 Å². The molecule has 0 aliphatic carbocycles. The van der Waals surface area contributed by atoms with E-state index in [0.29, 0.717) is 6.42 Å². The standard InChI is InChI=1S/C20H29N3O6/c1-5-10-16(28-18(26)13(3)14-11-8-7-9-12-14)29-20(27)22-19(21)23(4)15(6-2)17(24)25/h7-9,11-13,15-16H,5-6,10H2,1-4H3,(H,24,25)(H2,21,22,27). The topological polar surface area (TPSA) is 129 Å². The van der Waals surface area contributed by atoms with Crippen LogP contribution in [0, 0.1) is 5.41 Å². The smallest absolute Gasteiger partial charge is 0.417 e. The number of hydrogen-bond donors (Lipinski definition) is 3. The quantitative estimate of drug-likeness (QED) is 0.248. The molecule has 0 bridgehead atoms. The maximum atomic E-state index is 12.4. The lowest BCUT2D eigenvalue weighted by atomic mass is 10.0. The molecule has 1 amide bonds. The lowest BCUT2D eigenvalue weighted by molar-refractivity contribution is -0.170. The SMILES string of the molecule is CCCC(OC(=O)NC(=N)N(C)C(CC)C(=O)O)OC(=O)C(C)c1ccccc1. The largest absolute Gasteiger partial charge is 0.480 e. The number of nitrogens with one attached hydrogen (secondary N) is 2. The number of hydrogen-bond acceptors (Lipinski definition) is 6. The van der Waals surface area contributed by atoms with Crippen molar-refractivity contribution in [1.82, 2.24) is 10.2 Å². The van der Waals surface area contributed by atoms with Crippen molar-refractivity contribution in [3.63, 3.8) is 0 Å². The lowest BCUT2D eigenvalue weighted by Crippen LogP contribution is -2.49. The molecule has 1 aromatic carbocycles. The zero-order chi connectivity index (χ0) is 22.0. The summed E-state index contributed by atoms with van der Waals surface area (Å²) in [4.78, 5) is 36.8. The zero-order valence-corrected chi connectivity index (χ0v) is 17.2. The molecule has 0 saturated carbocycles. The number of carbonyl (C=O) groups is 3. The number of amides is 1. The molecule has 1 aromatic rings. The van der Waals surface area contributed by atoms with Crippen molar-refractivity contribution in [2.45, 2.75) is 58.3 Å². The average molecular weight is 407 g/mol. The molecule has 0 radical (unpaired) electrons. The monoisotopic (exact) mass is 407 g/mol. The molecule has 0 fully saturated rings. The lowest BCUT2D eigenvalue weighted by Gasteiger charge is -2.26. The highest BCUT2D eigenvalue weighted by Crippen LogP contribution is 2.18. The van der Waals surface area contributed by atoms with Crippen LogP contribution in [0.5, 0.6) is 0 Å². The molecule has 29 heavy (non-hydrogen) atoms. The number of ether oxygens (including phenoxy) is 2. The van der Waals surface area contributed by atoms with Crippen molar-refractivity contribution < 1.29 is 29.0 Å². The Morgan fingerprint density at radius 1 is 1.17 bits per heavy atom. The number of benzene rings is 1. The van der Waals surface area contributed by atoms with Gasteiger partial charge in [-0.15, -0.1) is 0 Å². The van der Waals surface area contributed by atoms with E-state index in [1.807, 2.05) is 25.1 Å². The summed E-state index contributed by atoms with van der Waals surface area (Å²) in [6, 6.07) is 8.12. The van der Waals surface area contributed by atoms with Crippen LogP contribution in [-0.2, 0) is 19.1 Å². The predicted molar refractivity (Wildman–Crippen MR) is 106 cm³/mol. The second-order valence-electron chi connectivity index (χ2n) is 6.54. The highest BCUT2D eigenvalue weighted by molar-refractivity contribution is 5.94. The van der Waals surface area contributed by atoms with Gasteiger partial charge in [0.05, 0.1) is 5.92 Å². The van der Waals surface area contributed by atoms with E-state index in [0.717, 1.165) is 10.5 Å². The van der Waals surface area contributed by atoms with Crippen LogP contribution in [0.1, 0.15) is 51.5 Å². The predicted octanol–water partition coefficient (Wildman–Crippen LogP) is 2.92. The second kappa shape index (κ2) is 11.7. The van der Waals surface area contributed by atoms with Crippen LogP contribution in [0.4, 0.5) is 4.79 Å². The first kappa shape index (κ1) is 23.9. The van der Waals surface area contributed by atoms with Crippen LogP contribution >= 0.6 is 0 Å². The molecular weight excluding hydrogens is 378 g/mol. The number of rotatable bonds is 9. The van der Waals surface area contributed by atoms with Crippen LogP contribution in [0.25, 0.3) is 0 Å². The number of guanidine groups is 1. The number of carboxylic acid groups (broad SMARTS) is 1. The van der Waals surface area contributed by atoms with Crippen LogP contribution in [0.3, 0.4) is 0 Å². The third-order valence-corrected chi connectivity index (χ3v) is 4.38. The third-order valence-electron chi connectivity index (χ3n) is 4.38. The van der Waals surface area contributed by atoms with Gasteiger partial charge in [-0.2, -0.15) is 0 Å². The minimum atomic E-state index is -1.11.